The van der Waals surface area contributed by atoms with E-state index in [0.29, 0.717) is 6.04 Å². The fourth-order valence-electron chi connectivity index (χ4n) is 2.01. The molecule has 8 heteroatoms. The Morgan fingerprint density at radius 1 is 1.50 bits per heavy atom. The van der Waals surface area contributed by atoms with Gasteiger partial charge in [-0.05, 0) is 18.9 Å². The van der Waals surface area contributed by atoms with E-state index in [9.17, 15) is 14.5 Å². The molecule has 0 aliphatic heterocycles. The van der Waals surface area contributed by atoms with Gasteiger partial charge in [0, 0.05) is 0 Å². The van der Waals surface area contributed by atoms with Gasteiger partial charge in [0.15, 0.2) is 5.82 Å². The Hall–Kier alpha value is -2.51. The van der Waals surface area contributed by atoms with E-state index >= 15 is 0 Å². The summed E-state index contributed by atoms with van der Waals surface area (Å²) in [4.78, 5) is 14.3. The summed E-state index contributed by atoms with van der Waals surface area (Å²) in [5, 5.41) is 15.2. The van der Waals surface area contributed by atoms with Crippen LogP contribution in [0.15, 0.2) is 18.5 Å². The Bertz CT molecular complexity index is 681. The molecule has 3 rings (SSSR count). The largest absolute Gasteiger partial charge is 0.490 e. The molecule has 7 nitrogen and oxygen atoms in total. The quantitative estimate of drug-likeness (QED) is 0.633. The van der Waals surface area contributed by atoms with E-state index in [1.165, 1.54) is 7.11 Å². The Balaban J connectivity index is 2.12. The van der Waals surface area contributed by atoms with E-state index in [1.807, 2.05) is 0 Å². The molecule has 0 saturated heterocycles. The van der Waals surface area contributed by atoms with E-state index in [-0.39, 0.29) is 17.1 Å². The summed E-state index contributed by atoms with van der Waals surface area (Å²) in [6, 6.07) is 2.28. The molecule has 1 heterocycles. The van der Waals surface area contributed by atoms with Crippen LogP contribution in [0.5, 0.6) is 5.75 Å². The SMILES string of the molecule is COc1c(-c2ncn(C3CC3)n2)cc(F)cc1[N+](=O)[O-]. The molecule has 20 heavy (non-hydrogen) atoms. The molecule has 0 bridgehead atoms. The second-order valence-corrected chi connectivity index (χ2v) is 4.54. The van der Waals surface area contributed by atoms with Gasteiger partial charge in [-0.15, -0.1) is 0 Å². The first-order valence-electron chi connectivity index (χ1n) is 6.03. The third-order valence-electron chi connectivity index (χ3n) is 3.11. The number of nitrogens with zero attached hydrogens (tertiary/aromatic N) is 4. The zero-order valence-corrected chi connectivity index (χ0v) is 10.6. The van der Waals surface area contributed by atoms with E-state index in [0.717, 1.165) is 25.0 Å². The molecule has 1 aliphatic carbocycles. The molecule has 0 unspecified atom stereocenters. The van der Waals surface area contributed by atoms with Gasteiger partial charge in [-0.2, -0.15) is 5.10 Å². The summed E-state index contributed by atoms with van der Waals surface area (Å²) in [6.07, 6.45) is 3.61. The Labute approximate surface area is 113 Å². The fraction of sp³-hybridized carbons (Fsp3) is 0.333. The number of methoxy groups -OCH3 is 1. The predicted molar refractivity (Wildman–Crippen MR) is 66.9 cm³/mol. The van der Waals surface area contributed by atoms with Crippen molar-refractivity contribution in [3.8, 4) is 17.1 Å². The van der Waals surface area contributed by atoms with E-state index in [1.54, 1.807) is 11.0 Å². The van der Waals surface area contributed by atoms with Gasteiger partial charge in [0.05, 0.1) is 29.7 Å². The van der Waals surface area contributed by atoms with Gasteiger partial charge < -0.3 is 4.74 Å². The summed E-state index contributed by atoms with van der Waals surface area (Å²) >= 11 is 0. The average molecular weight is 278 g/mol. The number of benzene rings is 1. The van der Waals surface area contributed by atoms with Gasteiger partial charge in [0.2, 0.25) is 5.75 Å². The molecular weight excluding hydrogens is 267 g/mol. The van der Waals surface area contributed by atoms with Crippen molar-refractivity contribution in [2.24, 2.45) is 0 Å². The summed E-state index contributed by atoms with van der Waals surface area (Å²) < 4.78 is 20.3. The minimum atomic E-state index is -0.727. The van der Waals surface area contributed by atoms with Crippen LogP contribution in [0.25, 0.3) is 11.4 Å². The molecule has 0 radical (unpaired) electrons. The van der Waals surface area contributed by atoms with Crippen LogP contribution < -0.4 is 4.74 Å². The van der Waals surface area contributed by atoms with Gasteiger partial charge in [0.25, 0.3) is 0 Å². The summed E-state index contributed by atoms with van der Waals surface area (Å²) in [6.45, 7) is 0. The van der Waals surface area contributed by atoms with Gasteiger partial charge in [-0.3, -0.25) is 10.1 Å². The lowest BCUT2D eigenvalue weighted by atomic mass is 10.1. The molecule has 0 amide bonds. The molecule has 1 aromatic carbocycles. The average Bonchev–Trinajstić information content (AvgIpc) is 3.15. The second kappa shape index (κ2) is 4.55. The monoisotopic (exact) mass is 278 g/mol. The maximum atomic E-state index is 13.5. The molecule has 0 spiro atoms. The van der Waals surface area contributed by atoms with Gasteiger partial charge in [0.1, 0.15) is 12.1 Å². The summed E-state index contributed by atoms with van der Waals surface area (Å²) in [5.74, 6) is -0.545. The number of nitro benzene ring substituents is 1. The molecule has 1 saturated carbocycles. The molecule has 0 N–H and O–H groups in total. The van der Waals surface area contributed by atoms with Crippen LogP contribution >= 0.6 is 0 Å². The van der Waals surface area contributed by atoms with Crippen molar-refractivity contribution in [3.63, 3.8) is 0 Å². The molecule has 2 aromatic rings. The lowest BCUT2D eigenvalue weighted by Gasteiger charge is -2.06. The highest BCUT2D eigenvalue weighted by atomic mass is 19.1. The molecule has 0 atom stereocenters. The number of nitro groups is 1. The van der Waals surface area contributed by atoms with Crippen LogP contribution in [0.3, 0.4) is 0 Å². The van der Waals surface area contributed by atoms with Crippen LogP contribution in [0.4, 0.5) is 10.1 Å². The smallest absolute Gasteiger partial charge is 0.314 e. The lowest BCUT2D eigenvalue weighted by molar-refractivity contribution is -0.385. The minimum Gasteiger partial charge on any atom is -0.490 e. The molecule has 1 aliphatic rings. The van der Waals surface area contributed by atoms with Crippen LogP contribution in [-0.4, -0.2) is 26.8 Å². The maximum absolute atomic E-state index is 13.5. The highest BCUT2D eigenvalue weighted by molar-refractivity contribution is 5.71. The van der Waals surface area contributed by atoms with E-state index < -0.39 is 16.4 Å². The van der Waals surface area contributed by atoms with Crippen LogP contribution in [0, 0.1) is 15.9 Å². The zero-order valence-electron chi connectivity index (χ0n) is 10.6. The number of halogens is 1. The first-order chi connectivity index (χ1) is 9.60. The lowest BCUT2D eigenvalue weighted by Crippen LogP contribution is -1.99. The molecule has 1 fully saturated rings. The standard InChI is InChI=1S/C12H11FN4O3/c1-20-11-9(4-7(13)5-10(11)17(18)19)12-14-6-16(15-12)8-2-3-8/h4-6,8H,2-3H2,1H3. The van der Waals surface area contributed by atoms with E-state index in [4.69, 9.17) is 4.74 Å². The van der Waals surface area contributed by atoms with Crippen molar-refractivity contribution >= 4 is 5.69 Å². The molecule has 104 valence electrons. The number of hydrogen-bond donors (Lipinski definition) is 0. The van der Waals surface area contributed by atoms with Crippen molar-refractivity contribution < 1.29 is 14.1 Å². The molecule has 1 aromatic heterocycles. The number of aromatic nitrogens is 3. The minimum absolute atomic E-state index is 0.0371. The Morgan fingerprint density at radius 2 is 2.25 bits per heavy atom. The number of hydrogen-bond acceptors (Lipinski definition) is 5. The first-order valence-corrected chi connectivity index (χ1v) is 6.03. The maximum Gasteiger partial charge on any atom is 0.314 e. The zero-order chi connectivity index (χ0) is 14.3. The van der Waals surface area contributed by atoms with Gasteiger partial charge >= 0.3 is 5.69 Å². The number of ether oxygens (including phenoxy) is 1. The second-order valence-electron chi connectivity index (χ2n) is 4.54. The van der Waals surface area contributed by atoms with Crippen molar-refractivity contribution in [2.75, 3.05) is 7.11 Å². The van der Waals surface area contributed by atoms with Gasteiger partial charge in [-0.1, -0.05) is 0 Å². The first kappa shape index (κ1) is 12.5. The normalized spacial score (nSPS) is 14.3. The fourth-order valence-corrected chi connectivity index (χ4v) is 2.01. The van der Waals surface area contributed by atoms with Crippen molar-refractivity contribution in [1.29, 1.82) is 0 Å². The van der Waals surface area contributed by atoms with Crippen molar-refractivity contribution in [3.05, 3.63) is 34.4 Å². The van der Waals surface area contributed by atoms with Crippen LogP contribution in [-0.2, 0) is 0 Å². The summed E-state index contributed by atoms with van der Waals surface area (Å²) in [7, 11) is 1.29. The van der Waals surface area contributed by atoms with Crippen molar-refractivity contribution in [1.82, 2.24) is 14.8 Å². The van der Waals surface area contributed by atoms with E-state index in [2.05, 4.69) is 10.1 Å². The topological polar surface area (TPSA) is 83.1 Å². The summed E-state index contributed by atoms with van der Waals surface area (Å²) in [5.41, 5.74) is -0.260. The highest BCUT2D eigenvalue weighted by Crippen LogP contribution is 2.38. The molecular formula is C12H11FN4O3. The van der Waals surface area contributed by atoms with Crippen molar-refractivity contribution in [2.45, 2.75) is 18.9 Å². The van der Waals surface area contributed by atoms with Crippen LogP contribution in [0.1, 0.15) is 18.9 Å². The van der Waals surface area contributed by atoms with Gasteiger partial charge in [-0.25, -0.2) is 14.1 Å². The predicted octanol–water partition coefficient (Wildman–Crippen LogP) is 2.34. The van der Waals surface area contributed by atoms with Crippen LogP contribution in [0.2, 0.25) is 0 Å². The number of rotatable bonds is 4. The Kier molecular flexibility index (Phi) is 2.85. The third-order valence-corrected chi connectivity index (χ3v) is 3.11. The third kappa shape index (κ3) is 2.09. The Morgan fingerprint density at radius 3 is 2.85 bits per heavy atom. The highest BCUT2D eigenvalue weighted by Gasteiger charge is 2.27.